The molecule has 0 spiro atoms. The monoisotopic (exact) mass is 490 g/mol. The molecule has 0 aliphatic carbocycles. The first-order valence-electron chi connectivity index (χ1n) is 11.5. The van der Waals surface area contributed by atoms with Gasteiger partial charge in [0.2, 0.25) is 0 Å². The Balaban J connectivity index is 1.08. The zero-order valence-corrected chi connectivity index (χ0v) is 19.5. The summed E-state index contributed by atoms with van der Waals surface area (Å²) in [6, 6.07) is 21.0. The molecular formula is C28H26O8. The maximum Gasteiger partial charge on any atom is 0.342 e. The van der Waals surface area contributed by atoms with Crippen LogP contribution >= 0.6 is 0 Å². The number of phenolic OH excluding ortho intramolecular Hbond substituents is 2. The number of aromatic hydroxyl groups is 2. The first-order valence-corrected chi connectivity index (χ1v) is 11.5. The summed E-state index contributed by atoms with van der Waals surface area (Å²) in [5.74, 6) is -1.47. The second-order valence-electron chi connectivity index (χ2n) is 7.86. The normalized spacial score (nSPS) is 11.0. The van der Waals surface area contributed by atoms with Gasteiger partial charge in [-0.25, -0.2) is 9.59 Å². The zero-order chi connectivity index (χ0) is 25.3. The van der Waals surface area contributed by atoms with Gasteiger partial charge in [0.25, 0.3) is 0 Å². The molecule has 4 aromatic carbocycles. The number of ether oxygens (including phenoxy) is 4. The molecule has 0 aliphatic heterocycles. The molecule has 2 N–H and O–H groups in total. The molecule has 0 aromatic heterocycles. The van der Waals surface area contributed by atoms with Crippen LogP contribution in [-0.4, -0.2) is 61.8 Å². The summed E-state index contributed by atoms with van der Waals surface area (Å²) in [7, 11) is 0. The largest absolute Gasteiger partial charge is 0.506 e. The molecule has 36 heavy (non-hydrogen) atoms. The minimum Gasteiger partial charge on any atom is -0.506 e. The Morgan fingerprint density at radius 3 is 1.36 bits per heavy atom. The summed E-state index contributed by atoms with van der Waals surface area (Å²) in [6.45, 7) is 0.908. The minimum atomic E-state index is -0.627. The number of hydrogen-bond donors (Lipinski definition) is 2. The van der Waals surface area contributed by atoms with Gasteiger partial charge in [0.05, 0.1) is 26.4 Å². The highest BCUT2D eigenvalue weighted by molar-refractivity contribution is 6.02. The second-order valence-corrected chi connectivity index (χ2v) is 7.86. The van der Waals surface area contributed by atoms with Crippen LogP contribution in [0.3, 0.4) is 0 Å². The van der Waals surface area contributed by atoms with Crippen molar-refractivity contribution in [3.05, 3.63) is 83.9 Å². The maximum atomic E-state index is 12.2. The summed E-state index contributed by atoms with van der Waals surface area (Å²) < 4.78 is 21.1. The SMILES string of the molecule is O=C(OCCOCCOCCOC(=O)c1ccc2ccccc2c1O)c1ccc2ccccc2c1O. The fraction of sp³-hybridized carbons (Fsp3) is 0.214. The second kappa shape index (κ2) is 12.0. The van der Waals surface area contributed by atoms with Crippen molar-refractivity contribution < 1.29 is 38.7 Å². The average molecular weight is 491 g/mol. The molecule has 4 rings (SSSR count). The van der Waals surface area contributed by atoms with Gasteiger partial charge in [0, 0.05) is 10.8 Å². The van der Waals surface area contributed by atoms with Gasteiger partial charge >= 0.3 is 11.9 Å². The minimum absolute atomic E-state index is 0.0258. The summed E-state index contributed by atoms with van der Waals surface area (Å²) in [5, 5.41) is 23.5. The fourth-order valence-corrected chi connectivity index (χ4v) is 3.70. The van der Waals surface area contributed by atoms with E-state index in [1.54, 1.807) is 36.4 Å². The Labute approximate surface area is 207 Å². The summed E-state index contributed by atoms with van der Waals surface area (Å²) >= 11 is 0. The van der Waals surface area contributed by atoms with Crippen LogP contribution in [0.25, 0.3) is 21.5 Å². The van der Waals surface area contributed by atoms with E-state index in [1.165, 1.54) is 12.1 Å². The molecule has 8 nitrogen and oxygen atoms in total. The molecule has 8 heteroatoms. The lowest BCUT2D eigenvalue weighted by molar-refractivity contribution is 0.00216. The summed E-state index contributed by atoms with van der Waals surface area (Å²) in [5.41, 5.74) is 0.201. The van der Waals surface area contributed by atoms with Gasteiger partial charge in [-0.1, -0.05) is 60.7 Å². The highest BCUT2D eigenvalue weighted by atomic mass is 16.6. The van der Waals surface area contributed by atoms with Crippen LogP contribution < -0.4 is 0 Å². The van der Waals surface area contributed by atoms with Crippen LogP contribution in [0, 0.1) is 0 Å². The van der Waals surface area contributed by atoms with E-state index in [2.05, 4.69) is 0 Å². The molecule has 0 heterocycles. The number of esters is 2. The molecule has 0 saturated carbocycles. The zero-order valence-electron chi connectivity index (χ0n) is 19.5. The third-order valence-corrected chi connectivity index (χ3v) is 5.53. The standard InChI is InChI=1S/C28H26O8/c29-25-21-7-3-1-5-19(21)9-11-23(25)27(31)35-17-15-33-13-14-34-16-18-36-28(32)24-12-10-20-6-2-4-8-22(20)26(24)30/h1-12,29-30H,13-18H2. The first kappa shape index (κ1) is 25.0. The Kier molecular flexibility index (Phi) is 8.33. The molecule has 0 bridgehead atoms. The highest BCUT2D eigenvalue weighted by Gasteiger charge is 2.16. The molecule has 0 saturated heterocycles. The van der Waals surface area contributed by atoms with Gasteiger partial charge in [0.15, 0.2) is 0 Å². The Hall–Kier alpha value is -4.14. The first-order chi connectivity index (χ1) is 17.6. The molecule has 0 atom stereocenters. The molecule has 0 aliphatic rings. The van der Waals surface area contributed by atoms with Crippen molar-refractivity contribution in [2.75, 3.05) is 39.6 Å². The topological polar surface area (TPSA) is 112 Å². The number of phenols is 2. The van der Waals surface area contributed by atoms with Crippen molar-refractivity contribution in [1.82, 2.24) is 0 Å². The van der Waals surface area contributed by atoms with Crippen molar-refractivity contribution in [1.29, 1.82) is 0 Å². The average Bonchev–Trinajstić information content (AvgIpc) is 2.90. The van der Waals surface area contributed by atoms with E-state index in [4.69, 9.17) is 18.9 Å². The maximum absolute atomic E-state index is 12.2. The molecule has 0 unspecified atom stereocenters. The van der Waals surface area contributed by atoms with E-state index in [1.807, 2.05) is 24.3 Å². The van der Waals surface area contributed by atoms with Gasteiger partial charge in [-0.05, 0) is 22.9 Å². The van der Waals surface area contributed by atoms with Gasteiger partial charge in [-0.2, -0.15) is 0 Å². The van der Waals surface area contributed by atoms with Crippen LogP contribution in [-0.2, 0) is 18.9 Å². The van der Waals surface area contributed by atoms with Crippen LogP contribution in [0.2, 0.25) is 0 Å². The third-order valence-electron chi connectivity index (χ3n) is 5.53. The fourth-order valence-electron chi connectivity index (χ4n) is 3.70. The number of fused-ring (bicyclic) bond motifs is 2. The lowest BCUT2D eigenvalue weighted by atomic mass is 10.1. The number of benzene rings is 4. The number of carbonyl (C=O) groups is 2. The van der Waals surface area contributed by atoms with Crippen molar-refractivity contribution in [3.8, 4) is 11.5 Å². The van der Waals surface area contributed by atoms with E-state index < -0.39 is 11.9 Å². The van der Waals surface area contributed by atoms with E-state index in [-0.39, 0.29) is 62.3 Å². The third kappa shape index (κ3) is 5.91. The number of rotatable bonds is 11. The molecule has 186 valence electrons. The predicted molar refractivity (Wildman–Crippen MR) is 133 cm³/mol. The Morgan fingerprint density at radius 2 is 0.917 bits per heavy atom. The van der Waals surface area contributed by atoms with E-state index >= 15 is 0 Å². The Bertz CT molecular complexity index is 1260. The lowest BCUT2D eigenvalue weighted by Crippen LogP contribution is -2.15. The van der Waals surface area contributed by atoms with Crippen molar-refractivity contribution in [2.24, 2.45) is 0 Å². The quantitative estimate of drug-likeness (QED) is 0.234. The summed E-state index contributed by atoms with van der Waals surface area (Å²) in [6.07, 6.45) is 0. The predicted octanol–water partition coefficient (Wildman–Crippen LogP) is 4.45. The van der Waals surface area contributed by atoms with Gasteiger partial charge in [-0.15, -0.1) is 0 Å². The molecule has 0 amide bonds. The van der Waals surface area contributed by atoms with Crippen molar-refractivity contribution >= 4 is 33.5 Å². The van der Waals surface area contributed by atoms with Crippen LogP contribution in [0.5, 0.6) is 11.5 Å². The Morgan fingerprint density at radius 1 is 0.528 bits per heavy atom. The van der Waals surface area contributed by atoms with Gasteiger partial charge < -0.3 is 29.2 Å². The molecule has 4 aromatic rings. The van der Waals surface area contributed by atoms with E-state index in [9.17, 15) is 19.8 Å². The highest BCUT2D eigenvalue weighted by Crippen LogP contribution is 2.30. The molecule has 0 fully saturated rings. The smallest absolute Gasteiger partial charge is 0.342 e. The van der Waals surface area contributed by atoms with Crippen LogP contribution in [0.1, 0.15) is 20.7 Å². The molecular weight excluding hydrogens is 464 g/mol. The van der Waals surface area contributed by atoms with E-state index in [0.29, 0.717) is 10.8 Å². The summed E-state index contributed by atoms with van der Waals surface area (Å²) in [4.78, 5) is 24.5. The number of hydrogen-bond acceptors (Lipinski definition) is 8. The van der Waals surface area contributed by atoms with E-state index in [0.717, 1.165) is 10.8 Å². The number of carbonyl (C=O) groups excluding carboxylic acids is 2. The van der Waals surface area contributed by atoms with Crippen LogP contribution in [0.4, 0.5) is 0 Å². The lowest BCUT2D eigenvalue weighted by Gasteiger charge is -2.10. The van der Waals surface area contributed by atoms with Crippen molar-refractivity contribution in [2.45, 2.75) is 0 Å². The van der Waals surface area contributed by atoms with Crippen LogP contribution in [0.15, 0.2) is 72.8 Å². The molecule has 0 radical (unpaired) electrons. The van der Waals surface area contributed by atoms with Gasteiger partial charge in [0.1, 0.15) is 35.8 Å². The van der Waals surface area contributed by atoms with Crippen molar-refractivity contribution in [3.63, 3.8) is 0 Å². The van der Waals surface area contributed by atoms with Gasteiger partial charge in [-0.3, -0.25) is 0 Å².